The molecule has 0 bridgehead atoms. The van der Waals surface area contributed by atoms with Gasteiger partial charge in [-0.3, -0.25) is 0 Å². The zero-order valence-electron chi connectivity index (χ0n) is 12.0. The van der Waals surface area contributed by atoms with Crippen molar-refractivity contribution in [2.24, 2.45) is 5.16 Å². The normalized spacial score (nSPS) is 15.6. The number of hydrogen-bond acceptors (Lipinski definition) is 4. The predicted octanol–water partition coefficient (Wildman–Crippen LogP) is 3.52. The number of hydrogen-bond donors (Lipinski definition) is 1. The molecule has 0 aliphatic rings. The molecule has 1 N–H and O–H groups in total. The van der Waals surface area contributed by atoms with Gasteiger partial charge in [0.25, 0.3) is 5.90 Å². The van der Waals surface area contributed by atoms with Crippen LogP contribution in [0.25, 0.3) is 0 Å². The van der Waals surface area contributed by atoms with E-state index in [1.807, 2.05) is 0 Å². The number of oxime groups is 1. The lowest BCUT2D eigenvalue weighted by Gasteiger charge is -2.25. The zero-order valence-corrected chi connectivity index (χ0v) is 12.9. The van der Waals surface area contributed by atoms with Crippen molar-refractivity contribution in [3.05, 3.63) is 35.6 Å². The number of rotatable bonds is 4. The molecule has 0 amide bonds. The van der Waals surface area contributed by atoms with Gasteiger partial charge in [-0.2, -0.15) is 0 Å². The van der Waals surface area contributed by atoms with E-state index in [1.165, 1.54) is 18.2 Å². The molecular formula is C13H19FNO4P. The highest BCUT2D eigenvalue weighted by molar-refractivity contribution is 7.55. The third-order valence-corrected chi connectivity index (χ3v) is 4.55. The summed E-state index contributed by atoms with van der Waals surface area (Å²) in [6.07, 6.45) is 0. The van der Waals surface area contributed by atoms with Crippen molar-refractivity contribution in [3.8, 4) is 0 Å². The molecule has 0 aliphatic carbocycles. The van der Waals surface area contributed by atoms with Crippen molar-refractivity contribution in [3.63, 3.8) is 0 Å². The molecule has 0 aromatic heterocycles. The summed E-state index contributed by atoms with van der Waals surface area (Å²) in [6, 6.07) is 5.68. The predicted molar refractivity (Wildman–Crippen MR) is 75.2 cm³/mol. The lowest BCUT2D eigenvalue weighted by atomic mass is 10.2. The Morgan fingerprint density at radius 1 is 1.40 bits per heavy atom. The van der Waals surface area contributed by atoms with Gasteiger partial charge in [-0.05, 0) is 45.0 Å². The van der Waals surface area contributed by atoms with E-state index in [2.05, 4.69) is 5.16 Å². The van der Waals surface area contributed by atoms with E-state index in [-0.39, 0.29) is 18.1 Å². The van der Waals surface area contributed by atoms with Gasteiger partial charge < -0.3 is 14.3 Å². The maximum atomic E-state index is 13.8. The molecule has 1 rings (SSSR count). The van der Waals surface area contributed by atoms with E-state index in [9.17, 15) is 13.8 Å². The number of benzene rings is 1. The molecule has 5 nitrogen and oxygen atoms in total. The van der Waals surface area contributed by atoms with Crippen LogP contribution in [0.4, 0.5) is 4.39 Å². The molecule has 0 saturated carbocycles. The maximum absolute atomic E-state index is 13.8. The van der Waals surface area contributed by atoms with Gasteiger partial charge in [0, 0.05) is 0 Å². The first-order valence-corrected chi connectivity index (χ1v) is 7.74. The molecule has 1 unspecified atom stereocenters. The van der Waals surface area contributed by atoms with Crippen LogP contribution in [0.3, 0.4) is 0 Å². The molecule has 1 aromatic rings. The monoisotopic (exact) mass is 303 g/mol. The Balaban J connectivity index is 3.17. The van der Waals surface area contributed by atoms with Crippen LogP contribution >= 0.6 is 7.60 Å². The van der Waals surface area contributed by atoms with Crippen molar-refractivity contribution in [2.45, 2.75) is 32.9 Å². The first kappa shape index (κ1) is 16.7. The van der Waals surface area contributed by atoms with Crippen LogP contribution in [0.5, 0.6) is 0 Å². The van der Waals surface area contributed by atoms with Gasteiger partial charge in [-0.15, -0.1) is 0 Å². The summed E-state index contributed by atoms with van der Waals surface area (Å²) in [5.74, 6) is -0.953. The van der Waals surface area contributed by atoms with Gasteiger partial charge in [0.2, 0.25) is 0 Å². The van der Waals surface area contributed by atoms with Gasteiger partial charge >= 0.3 is 7.60 Å². The minimum Gasteiger partial charge on any atom is -0.402 e. The summed E-state index contributed by atoms with van der Waals surface area (Å²) in [6.45, 7) is 6.56. The van der Waals surface area contributed by atoms with E-state index in [4.69, 9.17) is 9.36 Å². The smallest absolute Gasteiger partial charge is 0.383 e. The molecule has 1 atom stereocenters. The first-order valence-electron chi connectivity index (χ1n) is 6.16. The lowest BCUT2D eigenvalue weighted by Crippen LogP contribution is -2.20. The topological polar surface area (TPSA) is 68.1 Å². The van der Waals surface area contributed by atoms with Crippen LogP contribution in [-0.4, -0.2) is 22.6 Å². The molecule has 0 spiro atoms. The molecule has 112 valence electrons. The summed E-state index contributed by atoms with van der Waals surface area (Å²) in [5, 5.41) is 2.57. The molecule has 0 fully saturated rings. The first-order chi connectivity index (χ1) is 9.19. The number of nitrogens with zero attached hydrogens (tertiary/aromatic N) is 1. The van der Waals surface area contributed by atoms with E-state index in [0.29, 0.717) is 0 Å². The Morgan fingerprint density at radius 3 is 2.50 bits per heavy atom. The largest absolute Gasteiger partial charge is 0.402 e. The second-order valence-corrected chi connectivity index (χ2v) is 7.64. The van der Waals surface area contributed by atoms with E-state index in [0.717, 1.165) is 0 Å². The highest BCUT2D eigenvalue weighted by Crippen LogP contribution is 2.55. The van der Waals surface area contributed by atoms with Crippen molar-refractivity contribution in [1.82, 2.24) is 0 Å². The van der Waals surface area contributed by atoms with Crippen LogP contribution in [0.2, 0.25) is 0 Å². The highest BCUT2D eigenvalue weighted by Gasteiger charge is 2.39. The quantitative estimate of drug-likeness (QED) is 0.400. The molecule has 20 heavy (non-hydrogen) atoms. The number of halogens is 1. The Bertz CT molecular complexity index is 539. The summed E-state index contributed by atoms with van der Waals surface area (Å²) >= 11 is 0. The SMILES string of the molecule is CCON=C(OP(=O)(O)C(C)(C)C)c1ccccc1F. The van der Waals surface area contributed by atoms with E-state index < -0.39 is 18.6 Å². The third-order valence-electron chi connectivity index (χ3n) is 2.44. The third kappa shape index (κ3) is 4.05. The van der Waals surface area contributed by atoms with Crippen molar-refractivity contribution in [2.75, 3.05) is 6.61 Å². The van der Waals surface area contributed by atoms with Gasteiger partial charge in [-0.25, -0.2) is 8.96 Å². The molecule has 0 radical (unpaired) electrons. The minimum absolute atomic E-state index is 0.0283. The second kappa shape index (κ2) is 6.37. The molecule has 7 heteroatoms. The Hall–Kier alpha value is -1.39. The van der Waals surface area contributed by atoms with E-state index >= 15 is 0 Å². The molecule has 0 heterocycles. The standard InChI is InChI=1S/C13H19FNO4P/c1-5-18-15-12(10-8-6-7-9-11(10)14)19-20(16,17)13(2,3)4/h6-9H,5H2,1-4H3,(H,16,17). The molecule has 1 aromatic carbocycles. The van der Waals surface area contributed by atoms with Gasteiger partial charge in [-0.1, -0.05) is 12.1 Å². The van der Waals surface area contributed by atoms with Crippen LogP contribution in [-0.2, 0) is 13.9 Å². The molecular weight excluding hydrogens is 284 g/mol. The van der Waals surface area contributed by atoms with E-state index in [1.54, 1.807) is 33.8 Å². The van der Waals surface area contributed by atoms with Gasteiger partial charge in [0.15, 0.2) is 0 Å². The minimum atomic E-state index is -4.04. The van der Waals surface area contributed by atoms with Crippen LogP contribution in [0.1, 0.15) is 33.3 Å². The van der Waals surface area contributed by atoms with Crippen LogP contribution in [0, 0.1) is 5.82 Å². The lowest BCUT2D eigenvalue weighted by molar-refractivity contribution is 0.152. The van der Waals surface area contributed by atoms with Crippen molar-refractivity contribution >= 4 is 13.5 Å². The summed E-state index contributed by atoms with van der Waals surface area (Å²) in [4.78, 5) is 14.8. The van der Waals surface area contributed by atoms with Crippen molar-refractivity contribution in [1.29, 1.82) is 0 Å². The Morgan fingerprint density at radius 2 is 2.00 bits per heavy atom. The summed E-state index contributed by atoms with van der Waals surface area (Å²) < 4.78 is 31.0. The molecule has 0 saturated heterocycles. The average molecular weight is 303 g/mol. The fraction of sp³-hybridized carbons (Fsp3) is 0.462. The summed E-state index contributed by atoms with van der Waals surface area (Å²) in [5.41, 5.74) is -0.0283. The fourth-order valence-corrected chi connectivity index (χ4v) is 1.77. The van der Waals surface area contributed by atoms with Crippen molar-refractivity contribution < 1.29 is 23.2 Å². The summed E-state index contributed by atoms with van der Waals surface area (Å²) in [7, 11) is -4.04. The van der Waals surface area contributed by atoms with Crippen LogP contribution < -0.4 is 0 Å². The maximum Gasteiger partial charge on any atom is 0.383 e. The highest BCUT2D eigenvalue weighted by atomic mass is 31.2. The van der Waals surface area contributed by atoms with Gasteiger partial charge in [0.1, 0.15) is 12.4 Å². The fourth-order valence-electron chi connectivity index (χ4n) is 1.13. The Kier molecular flexibility index (Phi) is 5.31. The second-order valence-electron chi connectivity index (χ2n) is 5.08. The van der Waals surface area contributed by atoms with Gasteiger partial charge in [0.05, 0.1) is 10.7 Å². The van der Waals surface area contributed by atoms with Crippen LogP contribution in [0.15, 0.2) is 29.4 Å². The molecule has 0 aliphatic heterocycles. The zero-order chi connectivity index (χ0) is 15.4. The average Bonchev–Trinajstić information content (AvgIpc) is 2.33. The Labute approximate surface area is 117 Å².